The van der Waals surface area contributed by atoms with E-state index in [1.54, 1.807) is 4.68 Å². The summed E-state index contributed by atoms with van der Waals surface area (Å²) < 4.78 is 6.76. The van der Waals surface area contributed by atoms with Gasteiger partial charge >= 0.3 is 5.97 Å². The molecule has 0 spiro atoms. The van der Waals surface area contributed by atoms with E-state index >= 15 is 0 Å². The maximum atomic E-state index is 10.6. The lowest BCUT2D eigenvalue weighted by atomic mass is 10.3. The fourth-order valence-corrected chi connectivity index (χ4v) is 1.45. The third-order valence-electron chi connectivity index (χ3n) is 2.25. The van der Waals surface area contributed by atoms with Crippen LogP contribution in [-0.2, 0) is 6.54 Å². The Bertz CT molecular complexity index is 530. The average molecular weight is 241 g/mol. The van der Waals surface area contributed by atoms with E-state index in [1.165, 1.54) is 18.5 Å². The number of halogens is 1. The molecule has 0 fully saturated rings. The molecule has 16 heavy (non-hydrogen) atoms. The van der Waals surface area contributed by atoms with Crippen LogP contribution in [0, 0.1) is 6.92 Å². The Kier molecular flexibility index (Phi) is 2.70. The SMILES string of the molecule is Cc1c(Cl)cnn1Cc1cc(C(=O)O)co1. The van der Waals surface area contributed by atoms with E-state index < -0.39 is 5.97 Å². The number of hydrogen-bond acceptors (Lipinski definition) is 3. The maximum Gasteiger partial charge on any atom is 0.338 e. The molecule has 2 rings (SSSR count). The standard InChI is InChI=1S/C10H9ClN2O3/c1-6-9(11)3-12-13(6)4-8-2-7(5-16-8)10(14)15/h2-3,5H,4H2,1H3,(H,14,15). The van der Waals surface area contributed by atoms with Crippen LogP contribution in [0.5, 0.6) is 0 Å². The Hall–Kier alpha value is -1.75. The van der Waals surface area contributed by atoms with E-state index in [1.807, 2.05) is 6.92 Å². The highest BCUT2D eigenvalue weighted by Crippen LogP contribution is 2.16. The van der Waals surface area contributed by atoms with Crippen molar-refractivity contribution in [2.75, 3.05) is 0 Å². The van der Waals surface area contributed by atoms with Crippen molar-refractivity contribution in [2.24, 2.45) is 0 Å². The molecule has 5 nitrogen and oxygen atoms in total. The molecule has 0 saturated heterocycles. The van der Waals surface area contributed by atoms with Crippen LogP contribution < -0.4 is 0 Å². The van der Waals surface area contributed by atoms with Gasteiger partial charge in [-0.05, 0) is 13.0 Å². The molecule has 6 heteroatoms. The first-order chi connectivity index (χ1) is 7.58. The molecular weight excluding hydrogens is 232 g/mol. The second-order valence-electron chi connectivity index (χ2n) is 3.34. The van der Waals surface area contributed by atoms with Crippen molar-refractivity contribution in [3.8, 4) is 0 Å². The van der Waals surface area contributed by atoms with Crippen LogP contribution in [0.1, 0.15) is 21.8 Å². The second-order valence-corrected chi connectivity index (χ2v) is 3.75. The molecule has 0 aliphatic carbocycles. The minimum atomic E-state index is -1.01. The summed E-state index contributed by atoms with van der Waals surface area (Å²) in [5.74, 6) is -0.481. The molecule has 0 aliphatic heterocycles. The smallest absolute Gasteiger partial charge is 0.338 e. The van der Waals surface area contributed by atoms with Crippen molar-refractivity contribution in [1.29, 1.82) is 0 Å². The van der Waals surface area contributed by atoms with Crippen LogP contribution >= 0.6 is 11.6 Å². The van der Waals surface area contributed by atoms with Gasteiger partial charge in [0.25, 0.3) is 0 Å². The molecule has 0 unspecified atom stereocenters. The summed E-state index contributed by atoms with van der Waals surface area (Å²) in [5.41, 5.74) is 0.945. The number of nitrogens with zero attached hydrogens (tertiary/aromatic N) is 2. The summed E-state index contributed by atoms with van der Waals surface area (Å²) >= 11 is 5.84. The second kappa shape index (κ2) is 4.02. The van der Waals surface area contributed by atoms with E-state index in [0.717, 1.165) is 5.69 Å². The number of carboxylic acid groups (broad SMARTS) is 1. The number of carboxylic acids is 1. The maximum absolute atomic E-state index is 10.6. The number of aromatic nitrogens is 2. The average Bonchev–Trinajstić information content (AvgIpc) is 2.81. The van der Waals surface area contributed by atoms with Crippen molar-refractivity contribution >= 4 is 17.6 Å². The number of carbonyl (C=O) groups is 1. The summed E-state index contributed by atoms with van der Waals surface area (Å²) in [6, 6.07) is 1.47. The zero-order valence-electron chi connectivity index (χ0n) is 8.48. The van der Waals surface area contributed by atoms with Crippen molar-refractivity contribution in [1.82, 2.24) is 9.78 Å². The summed E-state index contributed by atoms with van der Waals surface area (Å²) in [6.45, 7) is 2.20. The minimum absolute atomic E-state index is 0.130. The van der Waals surface area contributed by atoms with E-state index in [-0.39, 0.29) is 5.56 Å². The van der Waals surface area contributed by atoms with Crippen molar-refractivity contribution < 1.29 is 14.3 Å². The van der Waals surface area contributed by atoms with Gasteiger partial charge in [0.05, 0.1) is 29.0 Å². The molecule has 2 aromatic heterocycles. The lowest BCUT2D eigenvalue weighted by molar-refractivity contribution is 0.0696. The van der Waals surface area contributed by atoms with E-state index in [4.69, 9.17) is 21.1 Å². The summed E-state index contributed by atoms with van der Waals surface area (Å²) in [6.07, 6.45) is 2.75. The van der Waals surface area contributed by atoms with Crippen LogP contribution in [-0.4, -0.2) is 20.9 Å². The summed E-state index contributed by atoms with van der Waals surface area (Å²) in [5, 5.41) is 13.3. The fraction of sp³-hybridized carbons (Fsp3) is 0.200. The van der Waals surface area contributed by atoms with Crippen molar-refractivity contribution in [3.63, 3.8) is 0 Å². The van der Waals surface area contributed by atoms with E-state index in [0.29, 0.717) is 17.3 Å². The third kappa shape index (κ3) is 1.94. The topological polar surface area (TPSA) is 68.3 Å². The highest BCUT2D eigenvalue weighted by Gasteiger charge is 2.10. The molecule has 0 amide bonds. The number of rotatable bonds is 3. The van der Waals surface area contributed by atoms with Crippen LogP contribution in [0.2, 0.25) is 5.02 Å². The van der Waals surface area contributed by atoms with Gasteiger partial charge in [0.2, 0.25) is 0 Å². The Morgan fingerprint density at radius 1 is 1.69 bits per heavy atom. The molecule has 84 valence electrons. The van der Waals surface area contributed by atoms with Crippen molar-refractivity contribution in [2.45, 2.75) is 13.5 Å². The van der Waals surface area contributed by atoms with Crippen LogP contribution in [0.3, 0.4) is 0 Å². The molecule has 0 radical (unpaired) electrons. The fourth-order valence-electron chi connectivity index (χ4n) is 1.31. The summed E-state index contributed by atoms with van der Waals surface area (Å²) in [4.78, 5) is 10.6. The first-order valence-electron chi connectivity index (χ1n) is 4.56. The normalized spacial score (nSPS) is 10.6. The Morgan fingerprint density at radius 2 is 2.44 bits per heavy atom. The molecule has 2 aromatic rings. The van der Waals surface area contributed by atoms with Gasteiger partial charge in [-0.25, -0.2) is 4.79 Å². The van der Waals surface area contributed by atoms with Gasteiger partial charge in [-0.3, -0.25) is 4.68 Å². The van der Waals surface area contributed by atoms with Gasteiger partial charge < -0.3 is 9.52 Å². The molecular formula is C10H9ClN2O3. The lowest BCUT2D eigenvalue weighted by Crippen LogP contribution is -2.02. The lowest BCUT2D eigenvalue weighted by Gasteiger charge is -2.00. The zero-order chi connectivity index (χ0) is 11.7. The molecule has 0 saturated carbocycles. The third-order valence-corrected chi connectivity index (χ3v) is 2.62. The first kappa shape index (κ1) is 10.8. The molecule has 1 N–H and O–H groups in total. The highest BCUT2D eigenvalue weighted by atomic mass is 35.5. The Balaban J connectivity index is 2.21. The number of hydrogen-bond donors (Lipinski definition) is 1. The molecule has 0 aromatic carbocycles. The quantitative estimate of drug-likeness (QED) is 0.893. The molecule has 0 aliphatic rings. The van der Waals surface area contributed by atoms with Gasteiger partial charge in [-0.15, -0.1) is 0 Å². The predicted molar refractivity (Wildman–Crippen MR) is 56.7 cm³/mol. The molecule has 2 heterocycles. The highest BCUT2D eigenvalue weighted by molar-refractivity contribution is 6.31. The molecule has 0 bridgehead atoms. The van der Waals surface area contributed by atoms with E-state index in [9.17, 15) is 4.79 Å². The van der Waals surface area contributed by atoms with E-state index in [2.05, 4.69) is 5.10 Å². The predicted octanol–water partition coefficient (Wildman–Crippen LogP) is 2.18. The van der Waals surface area contributed by atoms with Gasteiger partial charge in [-0.1, -0.05) is 11.6 Å². The Labute approximate surface area is 96.2 Å². The molecule has 0 atom stereocenters. The van der Waals surface area contributed by atoms with Gasteiger partial charge in [-0.2, -0.15) is 5.10 Å². The van der Waals surface area contributed by atoms with Gasteiger partial charge in [0.1, 0.15) is 12.0 Å². The number of furan rings is 1. The van der Waals surface area contributed by atoms with Crippen LogP contribution in [0.15, 0.2) is 22.9 Å². The zero-order valence-corrected chi connectivity index (χ0v) is 9.23. The first-order valence-corrected chi connectivity index (χ1v) is 4.94. The van der Waals surface area contributed by atoms with Crippen molar-refractivity contribution in [3.05, 3.63) is 40.6 Å². The van der Waals surface area contributed by atoms with Gasteiger partial charge in [0, 0.05) is 0 Å². The largest absolute Gasteiger partial charge is 0.478 e. The van der Waals surface area contributed by atoms with Crippen LogP contribution in [0.25, 0.3) is 0 Å². The number of aromatic carboxylic acids is 1. The van der Waals surface area contributed by atoms with Crippen LogP contribution in [0.4, 0.5) is 0 Å². The minimum Gasteiger partial charge on any atom is -0.478 e. The summed E-state index contributed by atoms with van der Waals surface area (Å²) in [7, 11) is 0. The van der Waals surface area contributed by atoms with Gasteiger partial charge in [0.15, 0.2) is 0 Å². The monoisotopic (exact) mass is 240 g/mol. The Morgan fingerprint density at radius 3 is 2.94 bits per heavy atom.